The van der Waals surface area contributed by atoms with Crippen molar-refractivity contribution in [1.29, 1.82) is 0 Å². The molecule has 0 unspecified atom stereocenters. The number of nitrogens with zero attached hydrogens (tertiary/aromatic N) is 4. The lowest BCUT2D eigenvalue weighted by Gasteiger charge is -2.12. The molecule has 0 amide bonds. The summed E-state index contributed by atoms with van der Waals surface area (Å²) >= 11 is 3.36. The number of nitro benzene ring substituents is 1. The van der Waals surface area contributed by atoms with Crippen LogP contribution in [0.2, 0.25) is 0 Å². The van der Waals surface area contributed by atoms with Gasteiger partial charge in [0.25, 0.3) is 5.69 Å². The third kappa shape index (κ3) is 2.38. The number of anilines is 1. The summed E-state index contributed by atoms with van der Waals surface area (Å²) in [7, 11) is 0. The van der Waals surface area contributed by atoms with E-state index in [-0.39, 0.29) is 17.4 Å². The number of aryl methyl sites for hydroxylation is 1. The van der Waals surface area contributed by atoms with Crippen LogP contribution < -0.4 is 5.73 Å². The Labute approximate surface area is 124 Å². The molecule has 2 aromatic rings. The van der Waals surface area contributed by atoms with Gasteiger partial charge in [-0.15, -0.1) is 5.10 Å². The Bertz CT molecular complexity index is 681. The Hall–Kier alpha value is -1.96. The van der Waals surface area contributed by atoms with Crippen LogP contribution in [0, 0.1) is 17.0 Å². The van der Waals surface area contributed by atoms with Gasteiger partial charge in [0.1, 0.15) is 0 Å². The summed E-state index contributed by atoms with van der Waals surface area (Å²) in [4.78, 5) is 10.8. The van der Waals surface area contributed by atoms with Crippen molar-refractivity contribution in [2.24, 2.45) is 0 Å². The lowest BCUT2D eigenvalue weighted by atomic mass is 10.1. The number of benzene rings is 1. The molecule has 0 saturated heterocycles. The van der Waals surface area contributed by atoms with E-state index < -0.39 is 4.92 Å². The van der Waals surface area contributed by atoms with Crippen molar-refractivity contribution in [3.8, 4) is 5.69 Å². The van der Waals surface area contributed by atoms with Crippen LogP contribution >= 0.6 is 15.9 Å². The fourth-order valence-corrected chi connectivity index (χ4v) is 2.80. The number of hydrogen-bond donors (Lipinski definition) is 1. The highest BCUT2D eigenvalue weighted by Crippen LogP contribution is 2.34. The van der Waals surface area contributed by atoms with Gasteiger partial charge in [-0.1, -0.05) is 19.1 Å². The van der Waals surface area contributed by atoms with Gasteiger partial charge in [-0.05, 0) is 40.4 Å². The van der Waals surface area contributed by atoms with Gasteiger partial charge >= 0.3 is 0 Å². The molecule has 0 aliphatic carbocycles. The van der Waals surface area contributed by atoms with E-state index in [9.17, 15) is 10.1 Å². The zero-order chi connectivity index (χ0) is 15.0. The van der Waals surface area contributed by atoms with Gasteiger partial charge in [0, 0.05) is 6.07 Å². The molecule has 0 radical (unpaired) electrons. The number of rotatable bonds is 3. The highest BCUT2D eigenvalue weighted by Gasteiger charge is 2.25. The topological polar surface area (TPSA) is 99.9 Å². The predicted octanol–water partition coefficient (Wildman–Crippen LogP) is 2.95. The van der Waals surface area contributed by atoms with Crippen LogP contribution in [0.15, 0.2) is 16.6 Å². The molecule has 2 N–H and O–H groups in total. The monoisotopic (exact) mass is 339 g/mol. The molecule has 0 aliphatic rings. The quantitative estimate of drug-likeness (QED) is 0.684. The summed E-state index contributed by atoms with van der Waals surface area (Å²) in [5.41, 5.74) is 7.54. The fraction of sp³-hybridized carbons (Fsp3) is 0.333. The molecular formula is C12H14BrN5O2. The van der Waals surface area contributed by atoms with Gasteiger partial charge in [0.2, 0.25) is 0 Å². The molecule has 0 atom stereocenters. The van der Waals surface area contributed by atoms with E-state index in [0.717, 1.165) is 5.56 Å². The summed E-state index contributed by atoms with van der Waals surface area (Å²) < 4.78 is 2.01. The van der Waals surface area contributed by atoms with Crippen LogP contribution in [0.5, 0.6) is 0 Å². The van der Waals surface area contributed by atoms with Crippen molar-refractivity contribution in [1.82, 2.24) is 15.0 Å². The fourth-order valence-electron chi connectivity index (χ4n) is 2.07. The maximum absolute atomic E-state index is 11.3. The lowest BCUT2D eigenvalue weighted by Crippen LogP contribution is -2.09. The number of nitrogens with two attached hydrogens (primary N) is 1. The number of hydrogen-bond acceptors (Lipinski definition) is 5. The van der Waals surface area contributed by atoms with Crippen LogP contribution in [0.25, 0.3) is 5.69 Å². The second kappa shape index (κ2) is 5.20. The van der Waals surface area contributed by atoms with Crippen molar-refractivity contribution in [3.05, 3.63) is 38.0 Å². The molecule has 1 heterocycles. The zero-order valence-electron chi connectivity index (χ0n) is 11.3. The first-order chi connectivity index (χ1) is 9.32. The molecular weight excluding hydrogens is 326 g/mol. The Morgan fingerprint density at radius 2 is 2.10 bits per heavy atom. The predicted molar refractivity (Wildman–Crippen MR) is 79.0 cm³/mol. The standard InChI is InChI=1S/C12H14BrN5O2/c1-6(2)10-12(14)15-16-17(10)11-8(13)4-7(3)5-9(11)18(19)20/h4-6H,14H2,1-3H3. The third-order valence-electron chi connectivity index (χ3n) is 2.88. The van der Waals surface area contributed by atoms with Gasteiger partial charge in [0.15, 0.2) is 11.5 Å². The van der Waals surface area contributed by atoms with E-state index >= 15 is 0 Å². The zero-order valence-corrected chi connectivity index (χ0v) is 12.9. The molecule has 1 aromatic heterocycles. The molecule has 0 fully saturated rings. The number of nitro groups is 1. The Kier molecular flexibility index (Phi) is 3.76. The van der Waals surface area contributed by atoms with Gasteiger partial charge < -0.3 is 5.73 Å². The highest BCUT2D eigenvalue weighted by molar-refractivity contribution is 9.10. The van der Waals surface area contributed by atoms with Crippen molar-refractivity contribution >= 4 is 27.4 Å². The van der Waals surface area contributed by atoms with E-state index in [1.54, 1.807) is 13.0 Å². The van der Waals surface area contributed by atoms with E-state index in [1.165, 1.54) is 10.7 Å². The number of aromatic nitrogens is 3. The van der Waals surface area contributed by atoms with Gasteiger partial charge in [-0.3, -0.25) is 10.1 Å². The average molecular weight is 340 g/mol. The van der Waals surface area contributed by atoms with Crippen LogP contribution in [-0.2, 0) is 0 Å². The molecule has 2 rings (SSSR count). The molecule has 8 heteroatoms. The molecule has 20 heavy (non-hydrogen) atoms. The average Bonchev–Trinajstić information content (AvgIpc) is 2.69. The molecule has 106 valence electrons. The summed E-state index contributed by atoms with van der Waals surface area (Å²) in [6, 6.07) is 3.30. The number of nitrogen functional groups attached to an aromatic ring is 1. The van der Waals surface area contributed by atoms with Crippen LogP contribution in [0.4, 0.5) is 11.5 Å². The third-order valence-corrected chi connectivity index (χ3v) is 3.48. The molecule has 0 spiro atoms. The van der Waals surface area contributed by atoms with E-state index in [2.05, 4.69) is 26.2 Å². The maximum atomic E-state index is 11.3. The highest BCUT2D eigenvalue weighted by atomic mass is 79.9. The first-order valence-electron chi connectivity index (χ1n) is 5.99. The minimum Gasteiger partial charge on any atom is -0.381 e. The Morgan fingerprint density at radius 3 is 2.65 bits per heavy atom. The smallest absolute Gasteiger partial charge is 0.296 e. The Balaban J connectivity index is 2.79. The molecule has 0 aliphatic heterocycles. The second-order valence-corrected chi connectivity index (χ2v) is 5.65. The SMILES string of the molecule is Cc1cc(Br)c(-n2nnc(N)c2C(C)C)c([N+](=O)[O-])c1. The minimum absolute atomic E-state index is 0.0383. The maximum Gasteiger partial charge on any atom is 0.296 e. The first kappa shape index (κ1) is 14.4. The van der Waals surface area contributed by atoms with Crippen LogP contribution in [0.1, 0.15) is 31.0 Å². The summed E-state index contributed by atoms with van der Waals surface area (Å²) in [6.45, 7) is 5.65. The van der Waals surface area contributed by atoms with E-state index in [4.69, 9.17) is 5.73 Å². The van der Waals surface area contributed by atoms with Gasteiger partial charge in [-0.25, -0.2) is 4.68 Å². The van der Waals surface area contributed by atoms with Gasteiger partial charge in [0.05, 0.1) is 15.1 Å². The summed E-state index contributed by atoms with van der Waals surface area (Å²) in [6.07, 6.45) is 0. The molecule has 1 aromatic carbocycles. The Morgan fingerprint density at radius 1 is 1.45 bits per heavy atom. The minimum atomic E-state index is -0.435. The normalized spacial score (nSPS) is 11.1. The van der Waals surface area contributed by atoms with Gasteiger partial charge in [-0.2, -0.15) is 0 Å². The molecule has 0 bridgehead atoms. The van der Waals surface area contributed by atoms with Crippen LogP contribution in [-0.4, -0.2) is 19.9 Å². The largest absolute Gasteiger partial charge is 0.381 e. The van der Waals surface area contributed by atoms with E-state index in [0.29, 0.717) is 15.9 Å². The van der Waals surface area contributed by atoms with Crippen molar-refractivity contribution in [3.63, 3.8) is 0 Å². The molecule has 7 nitrogen and oxygen atoms in total. The first-order valence-corrected chi connectivity index (χ1v) is 6.78. The van der Waals surface area contributed by atoms with Crippen molar-refractivity contribution in [2.45, 2.75) is 26.7 Å². The lowest BCUT2D eigenvalue weighted by molar-refractivity contribution is -0.384. The van der Waals surface area contributed by atoms with Crippen LogP contribution in [0.3, 0.4) is 0 Å². The van der Waals surface area contributed by atoms with E-state index in [1.807, 2.05) is 13.8 Å². The van der Waals surface area contributed by atoms with Crippen molar-refractivity contribution in [2.75, 3.05) is 5.73 Å². The summed E-state index contributed by atoms with van der Waals surface area (Å²) in [5, 5.41) is 19.1. The molecule has 0 saturated carbocycles. The number of halogens is 1. The van der Waals surface area contributed by atoms with Crippen molar-refractivity contribution < 1.29 is 4.92 Å². The summed E-state index contributed by atoms with van der Waals surface area (Å²) in [5.74, 6) is 0.319. The second-order valence-electron chi connectivity index (χ2n) is 4.80.